The standard InChI is InChI=1S/C25H22N2O2/c28-25(29)24-26-22(16-19-10-4-1-5-11-19)23(17-20-12-6-2-7-13-20)27(24)18-21-14-8-3-9-15-21/h1-15H,16-18H2,(H,28,29). The number of aromatic carboxylic acids is 1. The fourth-order valence-electron chi connectivity index (χ4n) is 3.55. The minimum Gasteiger partial charge on any atom is -0.475 e. The van der Waals surface area contributed by atoms with Crippen LogP contribution >= 0.6 is 0 Å². The third-order valence-corrected chi connectivity index (χ3v) is 4.96. The van der Waals surface area contributed by atoms with Crippen LogP contribution in [0.4, 0.5) is 0 Å². The molecule has 0 aliphatic heterocycles. The van der Waals surface area contributed by atoms with Crippen LogP contribution in [0.25, 0.3) is 0 Å². The second-order valence-corrected chi connectivity index (χ2v) is 7.03. The van der Waals surface area contributed by atoms with Gasteiger partial charge in [-0.05, 0) is 16.7 Å². The first-order valence-electron chi connectivity index (χ1n) is 9.64. The topological polar surface area (TPSA) is 55.1 Å². The summed E-state index contributed by atoms with van der Waals surface area (Å²) in [6.07, 6.45) is 1.24. The van der Waals surface area contributed by atoms with Crippen molar-refractivity contribution in [3.63, 3.8) is 0 Å². The largest absolute Gasteiger partial charge is 0.475 e. The average Bonchev–Trinajstić information content (AvgIpc) is 3.07. The first-order chi connectivity index (χ1) is 14.2. The van der Waals surface area contributed by atoms with Gasteiger partial charge in [0.15, 0.2) is 0 Å². The molecule has 0 fully saturated rings. The van der Waals surface area contributed by atoms with Crippen LogP contribution in [0.2, 0.25) is 0 Å². The molecule has 0 radical (unpaired) electrons. The van der Waals surface area contributed by atoms with Crippen LogP contribution in [-0.2, 0) is 19.4 Å². The van der Waals surface area contributed by atoms with Gasteiger partial charge in [-0.1, -0.05) is 91.0 Å². The maximum atomic E-state index is 12.0. The zero-order chi connectivity index (χ0) is 20.1. The molecule has 0 aliphatic carbocycles. The predicted octanol–water partition coefficient (Wildman–Crippen LogP) is 4.81. The summed E-state index contributed by atoms with van der Waals surface area (Å²) in [6.45, 7) is 0.479. The van der Waals surface area contributed by atoms with E-state index in [9.17, 15) is 9.90 Å². The molecule has 29 heavy (non-hydrogen) atoms. The van der Waals surface area contributed by atoms with Crippen molar-refractivity contribution in [1.29, 1.82) is 0 Å². The summed E-state index contributed by atoms with van der Waals surface area (Å²) < 4.78 is 1.85. The fraction of sp³-hybridized carbons (Fsp3) is 0.120. The monoisotopic (exact) mass is 382 g/mol. The van der Waals surface area contributed by atoms with Gasteiger partial charge >= 0.3 is 5.97 Å². The summed E-state index contributed by atoms with van der Waals surface area (Å²) in [5.74, 6) is -0.916. The van der Waals surface area contributed by atoms with E-state index in [1.54, 1.807) is 0 Å². The Hall–Kier alpha value is -3.66. The molecule has 0 saturated heterocycles. The molecule has 0 aliphatic rings. The number of aromatic nitrogens is 2. The molecular weight excluding hydrogens is 360 g/mol. The molecule has 0 spiro atoms. The average molecular weight is 382 g/mol. The highest BCUT2D eigenvalue weighted by Crippen LogP contribution is 2.22. The van der Waals surface area contributed by atoms with Crippen molar-refractivity contribution < 1.29 is 9.90 Å². The molecule has 4 aromatic rings. The molecule has 1 N–H and O–H groups in total. The number of hydrogen-bond acceptors (Lipinski definition) is 2. The van der Waals surface area contributed by atoms with Gasteiger partial charge in [0, 0.05) is 25.1 Å². The van der Waals surface area contributed by atoms with Crippen molar-refractivity contribution in [2.75, 3.05) is 0 Å². The van der Waals surface area contributed by atoms with Gasteiger partial charge in [-0.3, -0.25) is 0 Å². The van der Waals surface area contributed by atoms with Crippen LogP contribution in [0.1, 0.15) is 38.7 Å². The summed E-state index contributed by atoms with van der Waals surface area (Å²) in [5, 5.41) is 9.83. The van der Waals surface area contributed by atoms with Gasteiger partial charge in [-0.2, -0.15) is 0 Å². The summed E-state index contributed by atoms with van der Waals surface area (Å²) in [4.78, 5) is 16.6. The highest BCUT2D eigenvalue weighted by atomic mass is 16.4. The molecule has 144 valence electrons. The zero-order valence-electron chi connectivity index (χ0n) is 16.0. The van der Waals surface area contributed by atoms with Crippen molar-refractivity contribution >= 4 is 5.97 Å². The van der Waals surface area contributed by atoms with E-state index in [0.717, 1.165) is 28.1 Å². The normalized spacial score (nSPS) is 10.8. The Labute approximate surface area is 170 Å². The SMILES string of the molecule is O=C(O)c1nc(Cc2ccccc2)c(Cc2ccccc2)n1Cc1ccccc1. The van der Waals surface area contributed by atoms with Crippen molar-refractivity contribution in [3.8, 4) is 0 Å². The Morgan fingerprint density at radius 3 is 1.72 bits per heavy atom. The maximum absolute atomic E-state index is 12.0. The van der Waals surface area contributed by atoms with E-state index in [1.165, 1.54) is 0 Å². The van der Waals surface area contributed by atoms with E-state index in [2.05, 4.69) is 17.1 Å². The number of carbonyl (C=O) groups is 1. The van der Waals surface area contributed by atoms with Crippen molar-refractivity contribution in [2.24, 2.45) is 0 Å². The van der Waals surface area contributed by atoms with Crippen molar-refractivity contribution in [3.05, 3.63) is 125 Å². The van der Waals surface area contributed by atoms with E-state index < -0.39 is 5.97 Å². The van der Waals surface area contributed by atoms with Gasteiger partial charge < -0.3 is 9.67 Å². The molecule has 3 aromatic carbocycles. The molecule has 1 heterocycles. The minimum atomic E-state index is -1.01. The van der Waals surface area contributed by atoms with Crippen LogP contribution in [0.15, 0.2) is 91.0 Å². The van der Waals surface area contributed by atoms with E-state index in [4.69, 9.17) is 0 Å². The van der Waals surface area contributed by atoms with Crippen LogP contribution in [0.5, 0.6) is 0 Å². The number of benzene rings is 3. The van der Waals surface area contributed by atoms with Crippen molar-refractivity contribution in [2.45, 2.75) is 19.4 Å². The van der Waals surface area contributed by atoms with Crippen LogP contribution in [0.3, 0.4) is 0 Å². The summed E-state index contributed by atoms with van der Waals surface area (Å²) in [7, 11) is 0. The van der Waals surface area contributed by atoms with E-state index in [-0.39, 0.29) is 5.82 Å². The van der Waals surface area contributed by atoms with E-state index in [0.29, 0.717) is 19.4 Å². The molecule has 0 amide bonds. The molecule has 4 heteroatoms. The Balaban J connectivity index is 1.80. The van der Waals surface area contributed by atoms with Gasteiger partial charge in [0.05, 0.1) is 5.69 Å². The van der Waals surface area contributed by atoms with Crippen LogP contribution < -0.4 is 0 Å². The summed E-state index contributed by atoms with van der Waals surface area (Å²) in [6, 6.07) is 30.1. The van der Waals surface area contributed by atoms with Gasteiger partial charge in [-0.15, -0.1) is 0 Å². The second-order valence-electron chi connectivity index (χ2n) is 7.03. The fourth-order valence-corrected chi connectivity index (χ4v) is 3.55. The van der Waals surface area contributed by atoms with Gasteiger partial charge in [0.25, 0.3) is 0 Å². The van der Waals surface area contributed by atoms with E-state index in [1.807, 2.05) is 83.4 Å². The molecule has 4 nitrogen and oxygen atoms in total. The number of carboxylic acids is 1. The highest BCUT2D eigenvalue weighted by molar-refractivity contribution is 5.84. The summed E-state index contributed by atoms with van der Waals surface area (Å²) >= 11 is 0. The molecule has 1 aromatic heterocycles. The lowest BCUT2D eigenvalue weighted by Gasteiger charge is -2.12. The number of imidazole rings is 1. The minimum absolute atomic E-state index is 0.0886. The molecular formula is C25H22N2O2. The number of carboxylic acid groups (broad SMARTS) is 1. The Bertz CT molecular complexity index is 1090. The lowest BCUT2D eigenvalue weighted by Crippen LogP contribution is -2.13. The Morgan fingerprint density at radius 2 is 1.21 bits per heavy atom. The molecule has 0 atom stereocenters. The number of hydrogen-bond donors (Lipinski definition) is 1. The predicted molar refractivity (Wildman–Crippen MR) is 113 cm³/mol. The highest BCUT2D eigenvalue weighted by Gasteiger charge is 2.22. The smallest absolute Gasteiger partial charge is 0.372 e. The molecule has 0 bridgehead atoms. The Kier molecular flexibility index (Phi) is 5.52. The lowest BCUT2D eigenvalue weighted by atomic mass is 10.0. The van der Waals surface area contributed by atoms with E-state index >= 15 is 0 Å². The summed E-state index contributed by atoms with van der Waals surface area (Å²) in [5.41, 5.74) is 5.05. The van der Waals surface area contributed by atoms with Crippen LogP contribution in [0, 0.1) is 0 Å². The first kappa shape index (κ1) is 18.7. The molecule has 0 saturated carbocycles. The third kappa shape index (κ3) is 4.43. The van der Waals surface area contributed by atoms with Gasteiger partial charge in [-0.25, -0.2) is 9.78 Å². The quantitative estimate of drug-likeness (QED) is 0.499. The first-order valence-corrected chi connectivity index (χ1v) is 9.64. The zero-order valence-corrected chi connectivity index (χ0v) is 16.0. The van der Waals surface area contributed by atoms with Crippen LogP contribution in [-0.4, -0.2) is 20.6 Å². The maximum Gasteiger partial charge on any atom is 0.372 e. The molecule has 4 rings (SSSR count). The number of rotatable bonds is 7. The second kappa shape index (κ2) is 8.57. The lowest BCUT2D eigenvalue weighted by molar-refractivity contribution is 0.0678. The van der Waals surface area contributed by atoms with Gasteiger partial charge in [0.2, 0.25) is 5.82 Å². The Morgan fingerprint density at radius 1 is 0.724 bits per heavy atom. The molecule has 0 unspecified atom stereocenters. The number of nitrogens with zero attached hydrogens (tertiary/aromatic N) is 2. The third-order valence-electron chi connectivity index (χ3n) is 4.96. The van der Waals surface area contributed by atoms with Gasteiger partial charge in [0.1, 0.15) is 0 Å². The van der Waals surface area contributed by atoms with Crippen molar-refractivity contribution in [1.82, 2.24) is 9.55 Å².